The van der Waals surface area contributed by atoms with Crippen molar-refractivity contribution in [1.82, 2.24) is 0 Å². The maximum atomic E-state index is 5.62. The van der Waals surface area contributed by atoms with Gasteiger partial charge in [-0.1, -0.05) is 62.6 Å². The predicted molar refractivity (Wildman–Crippen MR) is 116 cm³/mol. The van der Waals surface area contributed by atoms with E-state index < -0.39 is 0 Å². The Morgan fingerprint density at radius 3 is 2.08 bits per heavy atom. The Balaban J connectivity index is 1.87. The van der Waals surface area contributed by atoms with Crippen molar-refractivity contribution in [3.05, 3.63) is 36.5 Å². The van der Waals surface area contributed by atoms with Crippen molar-refractivity contribution in [2.45, 2.75) is 103 Å². The fourth-order valence-corrected chi connectivity index (χ4v) is 2.95. The molecule has 1 aliphatic rings. The number of unbranched alkanes of at least 4 members (excludes halogenated alkanes) is 7. The molecule has 0 aromatic heterocycles. The minimum atomic E-state index is -0.00254. The lowest BCUT2D eigenvalue weighted by Crippen LogP contribution is -2.17. The summed E-state index contributed by atoms with van der Waals surface area (Å²) in [6.45, 7) is 7.26. The molecule has 0 bridgehead atoms. The molecular weight excluding hydrogens is 318 g/mol. The van der Waals surface area contributed by atoms with Crippen molar-refractivity contribution < 1.29 is 4.74 Å². The summed E-state index contributed by atoms with van der Waals surface area (Å²) >= 11 is 0. The van der Waals surface area contributed by atoms with Crippen LogP contribution in [0.25, 0.3) is 0 Å². The lowest BCUT2D eigenvalue weighted by molar-refractivity contribution is 0.273. The molecule has 0 aromatic rings. The summed E-state index contributed by atoms with van der Waals surface area (Å²) in [6.07, 6.45) is 28.5. The number of hydrogen-bond donors (Lipinski definition) is 0. The van der Waals surface area contributed by atoms with Gasteiger partial charge in [-0.25, -0.2) is 4.99 Å². The third-order valence-corrected chi connectivity index (χ3v) is 4.53. The zero-order valence-electron chi connectivity index (χ0n) is 17.5. The Bertz CT molecular complexity index is 457. The Morgan fingerprint density at radius 1 is 0.808 bits per heavy atom. The maximum absolute atomic E-state index is 5.62. The molecule has 2 nitrogen and oxygen atoms in total. The highest BCUT2D eigenvalue weighted by molar-refractivity contribution is 5.78. The van der Waals surface area contributed by atoms with E-state index in [-0.39, 0.29) is 5.54 Å². The number of allylic oxidation sites excluding steroid dienone is 6. The largest absolute Gasteiger partial charge is 0.478 e. The fraction of sp³-hybridized carbons (Fsp3) is 0.708. The van der Waals surface area contributed by atoms with Crippen LogP contribution >= 0.6 is 0 Å². The highest BCUT2D eigenvalue weighted by atomic mass is 16.5. The van der Waals surface area contributed by atoms with Crippen LogP contribution in [0.2, 0.25) is 0 Å². The smallest absolute Gasteiger partial charge is 0.183 e. The van der Waals surface area contributed by atoms with Crippen LogP contribution in [0.5, 0.6) is 0 Å². The van der Waals surface area contributed by atoms with Crippen molar-refractivity contribution in [3.63, 3.8) is 0 Å². The number of hydrogen-bond acceptors (Lipinski definition) is 2. The minimum absolute atomic E-state index is 0.00254. The lowest BCUT2D eigenvalue weighted by atomic mass is 10.1. The second-order valence-corrected chi connectivity index (χ2v) is 7.93. The molecule has 2 heteroatoms. The second kappa shape index (κ2) is 14.8. The Morgan fingerprint density at radius 2 is 1.42 bits per heavy atom. The van der Waals surface area contributed by atoms with Crippen LogP contribution in [0, 0.1) is 0 Å². The molecule has 0 fully saturated rings. The minimum Gasteiger partial charge on any atom is -0.478 e. The van der Waals surface area contributed by atoms with Crippen molar-refractivity contribution in [2.75, 3.05) is 6.61 Å². The number of rotatable bonds is 15. The van der Waals surface area contributed by atoms with Gasteiger partial charge in [0.1, 0.15) is 6.61 Å². The summed E-state index contributed by atoms with van der Waals surface area (Å²) in [4.78, 5) is 4.60. The van der Waals surface area contributed by atoms with Gasteiger partial charge in [0.05, 0.1) is 5.54 Å². The molecule has 0 N–H and O–H groups in total. The van der Waals surface area contributed by atoms with Gasteiger partial charge in [0.25, 0.3) is 0 Å². The van der Waals surface area contributed by atoms with Gasteiger partial charge in [0, 0.05) is 6.42 Å². The first-order valence-electron chi connectivity index (χ1n) is 10.8. The molecule has 1 rings (SSSR count). The normalized spacial score (nSPS) is 16.8. The molecule has 0 aliphatic carbocycles. The van der Waals surface area contributed by atoms with E-state index in [2.05, 4.69) is 62.2 Å². The summed E-state index contributed by atoms with van der Waals surface area (Å²) in [7, 11) is 0. The van der Waals surface area contributed by atoms with Gasteiger partial charge in [0.15, 0.2) is 5.90 Å². The first-order chi connectivity index (χ1) is 12.6. The van der Waals surface area contributed by atoms with E-state index in [1.807, 2.05) is 0 Å². The van der Waals surface area contributed by atoms with Crippen LogP contribution in [-0.2, 0) is 4.74 Å². The van der Waals surface area contributed by atoms with E-state index in [0.717, 1.165) is 38.2 Å². The molecular formula is C24H41NO. The summed E-state index contributed by atoms with van der Waals surface area (Å²) in [6, 6.07) is 0. The maximum Gasteiger partial charge on any atom is 0.183 e. The summed E-state index contributed by atoms with van der Waals surface area (Å²) in [5, 5.41) is 0. The third-order valence-electron chi connectivity index (χ3n) is 4.53. The van der Waals surface area contributed by atoms with Gasteiger partial charge in [-0.3, -0.25) is 0 Å². The average Bonchev–Trinajstić information content (AvgIpc) is 2.96. The number of ether oxygens (including phenoxy) is 1. The standard InChI is InChI=1S/C24H41NO/c1-4-5-6-7-8-9-10-11-12-13-14-15-16-17-18-19-20-21-23-25-24(2,3)22-26-23/h8-9,11-12,15-16H,4-7,10,13-14,17-22H2,1-3H3/b9-8-,12-11-,16-15-. The molecule has 1 heterocycles. The average molecular weight is 360 g/mol. The van der Waals surface area contributed by atoms with Gasteiger partial charge in [0.2, 0.25) is 0 Å². The highest BCUT2D eigenvalue weighted by Gasteiger charge is 2.25. The van der Waals surface area contributed by atoms with E-state index in [9.17, 15) is 0 Å². The van der Waals surface area contributed by atoms with Crippen LogP contribution < -0.4 is 0 Å². The molecule has 0 saturated carbocycles. The van der Waals surface area contributed by atoms with Crippen LogP contribution in [-0.4, -0.2) is 18.0 Å². The van der Waals surface area contributed by atoms with Crippen molar-refractivity contribution >= 4 is 5.90 Å². The molecule has 0 aromatic carbocycles. The Kier molecular flexibility index (Phi) is 13.0. The van der Waals surface area contributed by atoms with Crippen molar-refractivity contribution in [3.8, 4) is 0 Å². The summed E-state index contributed by atoms with van der Waals surface area (Å²) < 4.78 is 5.62. The zero-order chi connectivity index (χ0) is 18.9. The van der Waals surface area contributed by atoms with E-state index in [0.29, 0.717) is 0 Å². The molecule has 0 saturated heterocycles. The van der Waals surface area contributed by atoms with Crippen LogP contribution in [0.3, 0.4) is 0 Å². The molecule has 1 aliphatic heterocycles. The first kappa shape index (κ1) is 22.7. The number of aliphatic imine (C=N–C) groups is 1. The molecule has 0 unspecified atom stereocenters. The predicted octanol–water partition coefficient (Wildman–Crippen LogP) is 7.56. The summed E-state index contributed by atoms with van der Waals surface area (Å²) in [5.41, 5.74) is -0.00254. The number of nitrogens with zero attached hydrogens (tertiary/aromatic N) is 1. The van der Waals surface area contributed by atoms with Crippen LogP contribution in [0.4, 0.5) is 0 Å². The molecule has 148 valence electrons. The molecule has 0 spiro atoms. The lowest BCUT2D eigenvalue weighted by Gasteiger charge is -2.07. The molecule has 26 heavy (non-hydrogen) atoms. The van der Waals surface area contributed by atoms with E-state index >= 15 is 0 Å². The van der Waals surface area contributed by atoms with Crippen LogP contribution in [0.15, 0.2) is 41.4 Å². The van der Waals surface area contributed by atoms with E-state index in [1.165, 1.54) is 51.4 Å². The molecule has 0 radical (unpaired) electrons. The quantitative estimate of drug-likeness (QED) is 0.218. The monoisotopic (exact) mass is 359 g/mol. The SMILES string of the molecule is CCCCC/C=C\C/C=C\CC/C=C\CCCCCC1=NC(C)(C)CO1. The Hall–Kier alpha value is -1.31. The van der Waals surface area contributed by atoms with Gasteiger partial charge >= 0.3 is 0 Å². The fourth-order valence-electron chi connectivity index (χ4n) is 2.95. The zero-order valence-corrected chi connectivity index (χ0v) is 17.5. The molecule has 0 atom stereocenters. The highest BCUT2D eigenvalue weighted by Crippen LogP contribution is 2.19. The van der Waals surface area contributed by atoms with Gasteiger partial charge in [-0.2, -0.15) is 0 Å². The first-order valence-corrected chi connectivity index (χ1v) is 10.8. The van der Waals surface area contributed by atoms with Gasteiger partial charge in [-0.15, -0.1) is 0 Å². The summed E-state index contributed by atoms with van der Waals surface area (Å²) in [5.74, 6) is 0.966. The Labute approximate surface area is 162 Å². The van der Waals surface area contributed by atoms with Crippen LogP contribution in [0.1, 0.15) is 97.8 Å². The topological polar surface area (TPSA) is 21.6 Å². The van der Waals surface area contributed by atoms with Crippen molar-refractivity contribution in [2.24, 2.45) is 4.99 Å². The van der Waals surface area contributed by atoms with Gasteiger partial charge < -0.3 is 4.74 Å². The van der Waals surface area contributed by atoms with E-state index in [1.54, 1.807) is 0 Å². The van der Waals surface area contributed by atoms with E-state index in [4.69, 9.17) is 4.74 Å². The second-order valence-electron chi connectivity index (χ2n) is 7.93. The van der Waals surface area contributed by atoms with Crippen molar-refractivity contribution in [1.29, 1.82) is 0 Å². The third kappa shape index (κ3) is 13.0. The molecule has 0 amide bonds. The van der Waals surface area contributed by atoms with Gasteiger partial charge in [-0.05, 0) is 65.2 Å².